The fourth-order valence-corrected chi connectivity index (χ4v) is 0.824. The Kier molecular flexibility index (Phi) is 2.10. The van der Waals surface area contributed by atoms with Crippen molar-refractivity contribution in [3.05, 3.63) is 33.9 Å². The van der Waals surface area contributed by atoms with Crippen LogP contribution >= 0.6 is 0 Å². The summed E-state index contributed by atoms with van der Waals surface area (Å²) in [6.45, 7) is 3.22. The van der Waals surface area contributed by atoms with Gasteiger partial charge in [0, 0.05) is 0 Å². The van der Waals surface area contributed by atoms with Crippen molar-refractivity contribution in [1.29, 1.82) is 0 Å². The Labute approximate surface area is 64.3 Å². The summed E-state index contributed by atoms with van der Waals surface area (Å²) >= 11 is 0. The monoisotopic (exact) mass is 154 g/mol. The molecule has 1 aromatic heterocycles. The fourth-order valence-electron chi connectivity index (χ4n) is 0.824. The Morgan fingerprint density at radius 2 is 2.18 bits per heavy atom. The highest BCUT2D eigenvalue weighted by Gasteiger charge is 2.06. The highest BCUT2D eigenvalue weighted by atomic mass is 16.4. The predicted octanol–water partition coefficient (Wildman–Crippen LogP) is 1.00. The van der Waals surface area contributed by atoms with Crippen LogP contribution in [0, 0.1) is 6.92 Å². The first-order chi connectivity index (χ1) is 5.11. The minimum atomic E-state index is -0.758. The van der Waals surface area contributed by atoms with Crippen LogP contribution in [0.2, 0.25) is 0 Å². The van der Waals surface area contributed by atoms with Gasteiger partial charge in [-0.05, 0) is 26.0 Å². The number of aryl methyl sites for hydroxylation is 1. The quantitative estimate of drug-likeness (QED) is 0.656. The average molecular weight is 154 g/mol. The summed E-state index contributed by atoms with van der Waals surface area (Å²) in [5, 5.41) is 9.04. The second kappa shape index (κ2) is 2.88. The van der Waals surface area contributed by atoms with Crippen LogP contribution in [0.5, 0.6) is 0 Å². The topological polar surface area (TPSA) is 50.4 Å². The molecule has 0 saturated carbocycles. The van der Waals surface area contributed by atoms with E-state index in [-0.39, 0.29) is 0 Å². The van der Waals surface area contributed by atoms with E-state index in [1.807, 2.05) is 0 Å². The largest absolute Gasteiger partial charge is 0.428 e. The fraction of sp³-hybridized carbons (Fsp3) is 0.375. The van der Waals surface area contributed by atoms with Crippen LogP contribution in [0.1, 0.15) is 24.4 Å². The van der Waals surface area contributed by atoms with Crippen LogP contribution in [0.15, 0.2) is 21.3 Å². The van der Waals surface area contributed by atoms with Gasteiger partial charge < -0.3 is 9.52 Å². The Balaban J connectivity index is 3.21. The molecule has 0 saturated heterocycles. The molecule has 1 aromatic rings. The third-order valence-electron chi connectivity index (χ3n) is 1.44. The zero-order chi connectivity index (χ0) is 8.43. The van der Waals surface area contributed by atoms with E-state index in [2.05, 4.69) is 0 Å². The van der Waals surface area contributed by atoms with Crippen LogP contribution < -0.4 is 5.63 Å². The first kappa shape index (κ1) is 8.01. The van der Waals surface area contributed by atoms with Gasteiger partial charge in [-0.1, -0.05) is 0 Å². The van der Waals surface area contributed by atoms with E-state index in [1.165, 1.54) is 6.92 Å². The molecule has 0 spiro atoms. The zero-order valence-corrected chi connectivity index (χ0v) is 6.50. The maximum absolute atomic E-state index is 11.0. The van der Waals surface area contributed by atoms with Gasteiger partial charge in [0.1, 0.15) is 5.76 Å². The van der Waals surface area contributed by atoms with Crippen molar-refractivity contribution in [2.75, 3.05) is 0 Å². The van der Waals surface area contributed by atoms with Crippen molar-refractivity contribution in [3.63, 3.8) is 0 Å². The maximum Gasteiger partial charge on any atom is 0.341 e. The highest BCUT2D eigenvalue weighted by Crippen LogP contribution is 2.06. The molecule has 0 amide bonds. The molecule has 60 valence electrons. The van der Waals surface area contributed by atoms with E-state index in [0.717, 1.165) is 0 Å². The summed E-state index contributed by atoms with van der Waals surface area (Å²) < 4.78 is 4.75. The van der Waals surface area contributed by atoms with Crippen molar-refractivity contribution < 1.29 is 9.52 Å². The normalized spacial score (nSPS) is 13.0. The standard InChI is InChI=1S/C8H10O3/c1-5-3-4-7(6(2)9)8(10)11-5/h3-4,6,9H,1-2H3. The average Bonchev–Trinajstić information content (AvgIpc) is 1.85. The second-order valence-electron chi connectivity index (χ2n) is 2.46. The van der Waals surface area contributed by atoms with Crippen LogP contribution in [0.25, 0.3) is 0 Å². The third kappa shape index (κ3) is 1.68. The molecule has 3 nitrogen and oxygen atoms in total. The number of rotatable bonds is 1. The van der Waals surface area contributed by atoms with Crippen LogP contribution in [-0.4, -0.2) is 5.11 Å². The number of hydrogen-bond acceptors (Lipinski definition) is 3. The molecule has 0 fully saturated rings. The first-order valence-electron chi connectivity index (χ1n) is 3.40. The summed E-state index contributed by atoms with van der Waals surface area (Å²) in [6.07, 6.45) is -0.758. The molecule has 1 atom stereocenters. The van der Waals surface area contributed by atoms with E-state index < -0.39 is 11.7 Å². The van der Waals surface area contributed by atoms with Gasteiger partial charge in [-0.3, -0.25) is 0 Å². The van der Waals surface area contributed by atoms with Gasteiger partial charge in [0.05, 0.1) is 11.7 Å². The predicted molar refractivity (Wildman–Crippen MR) is 40.3 cm³/mol. The number of hydrogen-bond donors (Lipinski definition) is 1. The minimum Gasteiger partial charge on any atom is -0.428 e. The van der Waals surface area contributed by atoms with Gasteiger partial charge in [-0.25, -0.2) is 4.79 Å². The molecular weight excluding hydrogens is 144 g/mol. The van der Waals surface area contributed by atoms with Gasteiger partial charge in [0.15, 0.2) is 0 Å². The third-order valence-corrected chi connectivity index (χ3v) is 1.44. The Morgan fingerprint density at radius 1 is 1.55 bits per heavy atom. The number of aliphatic hydroxyl groups excluding tert-OH is 1. The minimum absolute atomic E-state index is 0.301. The van der Waals surface area contributed by atoms with Crippen LogP contribution in [-0.2, 0) is 0 Å². The molecule has 0 aliphatic heterocycles. The molecule has 0 aromatic carbocycles. The van der Waals surface area contributed by atoms with Gasteiger partial charge in [0.25, 0.3) is 0 Å². The molecular formula is C8H10O3. The molecule has 0 radical (unpaired) electrons. The van der Waals surface area contributed by atoms with E-state index >= 15 is 0 Å². The summed E-state index contributed by atoms with van der Waals surface area (Å²) in [6, 6.07) is 3.23. The van der Waals surface area contributed by atoms with E-state index in [0.29, 0.717) is 11.3 Å². The molecule has 1 rings (SSSR count). The van der Waals surface area contributed by atoms with Crippen LogP contribution in [0.3, 0.4) is 0 Å². The Morgan fingerprint density at radius 3 is 2.64 bits per heavy atom. The lowest BCUT2D eigenvalue weighted by Gasteiger charge is -2.00. The van der Waals surface area contributed by atoms with Crippen LogP contribution in [0.4, 0.5) is 0 Å². The van der Waals surface area contributed by atoms with Gasteiger partial charge in [-0.2, -0.15) is 0 Å². The molecule has 1 heterocycles. The molecule has 11 heavy (non-hydrogen) atoms. The van der Waals surface area contributed by atoms with Crippen molar-refractivity contribution in [2.45, 2.75) is 20.0 Å². The smallest absolute Gasteiger partial charge is 0.341 e. The summed E-state index contributed by atoms with van der Waals surface area (Å²) in [5.41, 5.74) is -0.157. The van der Waals surface area contributed by atoms with Gasteiger partial charge >= 0.3 is 5.63 Å². The van der Waals surface area contributed by atoms with Gasteiger partial charge in [0.2, 0.25) is 0 Å². The summed E-state index contributed by atoms with van der Waals surface area (Å²) in [7, 11) is 0. The molecule has 1 unspecified atom stereocenters. The van der Waals surface area contributed by atoms with E-state index in [4.69, 9.17) is 9.52 Å². The molecule has 0 aliphatic rings. The van der Waals surface area contributed by atoms with Crippen molar-refractivity contribution in [3.8, 4) is 0 Å². The van der Waals surface area contributed by atoms with Crippen molar-refractivity contribution >= 4 is 0 Å². The lowest BCUT2D eigenvalue weighted by Crippen LogP contribution is -2.09. The van der Waals surface area contributed by atoms with E-state index in [9.17, 15) is 4.79 Å². The Hall–Kier alpha value is -1.09. The summed E-state index contributed by atoms with van der Waals surface area (Å²) in [5.74, 6) is 0.555. The molecule has 0 aliphatic carbocycles. The second-order valence-corrected chi connectivity index (χ2v) is 2.46. The molecule has 3 heteroatoms. The van der Waals surface area contributed by atoms with Crippen molar-refractivity contribution in [2.24, 2.45) is 0 Å². The SMILES string of the molecule is Cc1ccc(C(C)O)c(=O)o1. The zero-order valence-electron chi connectivity index (χ0n) is 6.50. The molecule has 0 bridgehead atoms. The summed E-state index contributed by atoms with van der Waals surface area (Å²) in [4.78, 5) is 11.0. The van der Waals surface area contributed by atoms with E-state index in [1.54, 1.807) is 19.1 Å². The molecule has 1 N–H and O–H groups in total. The van der Waals surface area contributed by atoms with Crippen molar-refractivity contribution in [1.82, 2.24) is 0 Å². The Bertz CT molecular complexity index is 298. The first-order valence-corrected chi connectivity index (χ1v) is 3.40. The number of aliphatic hydroxyl groups is 1. The van der Waals surface area contributed by atoms with Gasteiger partial charge in [-0.15, -0.1) is 0 Å². The highest BCUT2D eigenvalue weighted by molar-refractivity contribution is 5.12. The maximum atomic E-state index is 11.0. The lowest BCUT2D eigenvalue weighted by atomic mass is 10.2. The lowest BCUT2D eigenvalue weighted by molar-refractivity contribution is 0.193.